The molecule has 11 heteroatoms. The third-order valence-corrected chi connectivity index (χ3v) is 11.7. The van der Waals surface area contributed by atoms with Crippen molar-refractivity contribution in [2.24, 2.45) is 17.8 Å². The number of fused-ring (bicyclic) bond motifs is 2. The Balaban J connectivity index is 1.39. The smallest absolute Gasteiger partial charge is 0.313 e. The van der Waals surface area contributed by atoms with Gasteiger partial charge in [0.15, 0.2) is 0 Å². The molecule has 3 aromatic carbocycles. The highest BCUT2D eigenvalue weighted by molar-refractivity contribution is 6.05. The molecule has 55 heavy (non-hydrogen) atoms. The lowest BCUT2D eigenvalue weighted by atomic mass is 9.70. The first-order chi connectivity index (χ1) is 26.6. The van der Waals surface area contributed by atoms with Gasteiger partial charge in [-0.2, -0.15) is 0 Å². The van der Waals surface area contributed by atoms with Gasteiger partial charge in [-0.1, -0.05) is 93.1 Å². The molecule has 0 aliphatic carbocycles. The van der Waals surface area contributed by atoms with Gasteiger partial charge >= 0.3 is 5.97 Å². The van der Waals surface area contributed by atoms with Gasteiger partial charge in [-0.05, 0) is 53.6 Å². The molecule has 3 aliphatic heterocycles. The summed E-state index contributed by atoms with van der Waals surface area (Å²) in [7, 11) is 1.51. The van der Waals surface area contributed by atoms with Crippen LogP contribution in [0.1, 0.15) is 57.6 Å². The number of anilines is 1. The normalized spacial score (nSPS) is 24.8. The van der Waals surface area contributed by atoms with Crippen LogP contribution in [0.25, 0.3) is 10.8 Å². The number of methoxy groups -OCH3 is 1. The fourth-order valence-corrected chi connectivity index (χ4v) is 8.88. The van der Waals surface area contributed by atoms with E-state index in [-0.39, 0.29) is 43.9 Å². The van der Waals surface area contributed by atoms with Crippen LogP contribution in [0.3, 0.4) is 0 Å². The van der Waals surface area contributed by atoms with Crippen LogP contribution in [0.2, 0.25) is 0 Å². The summed E-state index contributed by atoms with van der Waals surface area (Å²) in [5.41, 5.74) is -0.0681. The average molecular weight is 752 g/mol. The van der Waals surface area contributed by atoms with E-state index in [4.69, 9.17) is 14.2 Å². The van der Waals surface area contributed by atoms with Crippen LogP contribution in [0.15, 0.2) is 98.1 Å². The monoisotopic (exact) mass is 751 g/mol. The predicted octanol–water partition coefficient (Wildman–Crippen LogP) is 5.52. The number of nitrogens with zero attached hydrogens (tertiary/aromatic N) is 2. The van der Waals surface area contributed by atoms with E-state index in [1.807, 2.05) is 86.6 Å². The maximum atomic E-state index is 15.2. The van der Waals surface area contributed by atoms with Crippen LogP contribution in [0.5, 0.6) is 0 Å². The van der Waals surface area contributed by atoms with Crippen LogP contribution in [0, 0.1) is 17.8 Å². The second-order valence-electron chi connectivity index (χ2n) is 14.9. The van der Waals surface area contributed by atoms with Gasteiger partial charge in [0, 0.05) is 25.8 Å². The zero-order valence-corrected chi connectivity index (χ0v) is 32.0. The number of carbonyl (C=O) groups excluding carboxylic acids is 4. The Labute approximate surface area is 323 Å². The number of hydrogen-bond acceptors (Lipinski definition) is 8. The standard InChI is InChI=1S/C44H53N3O8/c1-6-9-19-36(49)45-33(27-53-5)39(30-16-11-10-12-17-30)54-43(52)37-35-22-23-44(55-35)38(37)41(50)47(34(26-48)28(4)8-3)40(44)42(51)46(24-7-2)32-21-20-29-15-13-14-18-31(29)25-32/h6-7,10-18,20-21,25,28,33-35,37-40,48H,1-2,8-9,19,22-24,26-27H2,3-5H3,(H,45,49)/t28-,33-,34-,35+,37-,38-,39-,40+,44-/m0/s1. The third kappa shape index (κ3) is 7.57. The zero-order valence-electron chi connectivity index (χ0n) is 32.0. The van der Waals surface area contributed by atoms with Gasteiger partial charge < -0.3 is 34.4 Å². The van der Waals surface area contributed by atoms with Crippen molar-refractivity contribution in [1.29, 1.82) is 0 Å². The molecule has 0 unspecified atom stereocenters. The van der Waals surface area contributed by atoms with E-state index in [2.05, 4.69) is 18.5 Å². The Kier molecular flexibility index (Phi) is 12.5. The number of amides is 3. The van der Waals surface area contributed by atoms with Crippen LogP contribution < -0.4 is 10.2 Å². The van der Waals surface area contributed by atoms with E-state index in [1.54, 1.807) is 17.1 Å². The molecule has 3 fully saturated rings. The fraction of sp³-hybridized carbons (Fsp3) is 0.455. The first-order valence-electron chi connectivity index (χ1n) is 19.3. The van der Waals surface area contributed by atoms with E-state index in [1.165, 1.54) is 12.0 Å². The lowest BCUT2D eigenvalue weighted by Gasteiger charge is -2.41. The van der Waals surface area contributed by atoms with Gasteiger partial charge in [0.25, 0.3) is 5.91 Å². The lowest BCUT2D eigenvalue weighted by Crippen LogP contribution is -2.60. The van der Waals surface area contributed by atoms with Crippen molar-refractivity contribution in [3.8, 4) is 0 Å². The number of hydrogen-bond donors (Lipinski definition) is 2. The van der Waals surface area contributed by atoms with E-state index in [0.29, 0.717) is 36.9 Å². The molecule has 3 heterocycles. The molecule has 0 saturated carbocycles. The molecule has 6 rings (SSSR count). The molecule has 1 spiro atoms. The molecule has 3 aromatic rings. The molecular weight excluding hydrogens is 698 g/mol. The second kappa shape index (κ2) is 17.3. The molecule has 3 amide bonds. The minimum Gasteiger partial charge on any atom is -0.455 e. The molecule has 292 valence electrons. The molecule has 3 aliphatic rings. The largest absolute Gasteiger partial charge is 0.455 e. The SMILES string of the molecule is C=CCCC(=O)N[C@@H](COC)[C@@H](OC(=O)[C@@H]1[C@H]2C(=O)N([C@@H](CO)[C@@H](C)CC)[C@H](C(=O)N(CC=C)c3ccc4ccccc4c3)[C@]23CC[C@H]1O3)c1ccccc1. The molecule has 0 radical (unpaired) electrons. The number of aliphatic hydroxyl groups excluding tert-OH is 1. The highest BCUT2D eigenvalue weighted by Crippen LogP contribution is 2.60. The Bertz CT molecular complexity index is 1880. The van der Waals surface area contributed by atoms with E-state index < -0.39 is 59.6 Å². The maximum Gasteiger partial charge on any atom is 0.313 e. The lowest BCUT2D eigenvalue weighted by molar-refractivity contribution is -0.163. The van der Waals surface area contributed by atoms with Gasteiger partial charge in [-0.3, -0.25) is 19.2 Å². The van der Waals surface area contributed by atoms with Crippen molar-refractivity contribution in [2.45, 2.75) is 81.9 Å². The summed E-state index contributed by atoms with van der Waals surface area (Å²) in [6.45, 7) is 11.4. The summed E-state index contributed by atoms with van der Waals surface area (Å²) >= 11 is 0. The van der Waals surface area contributed by atoms with Crippen LogP contribution in [0.4, 0.5) is 5.69 Å². The van der Waals surface area contributed by atoms with E-state index >= 15 is 9.59 Å². The maximum absolute atomic E-state index is 15.2. The number of likely N-dealkylation sites (tertiary alicyclic amines) is 1. The van der Waals surface area contributed by atoms with Gasteiger partial charge in [-0.15, -0.1) is 13.2 Å². The first-order valence-corrected chi connectivity index (χ1v) is 19.3. The molecule has 2 N–H and O–H groups in total. The molecule has 0 aromatic heterocycles. The summed E-state index contributed by atoms with van der Waals surface area (Å²) in [4.78, 5) is 61.0. The minimum absolute atomic E-state index is 0.0505. The van der Waals surface area contributed by atoms with Crippen molar-refractivity contribution in [3.05, 3.63) is 104 Å². The van der Waals surface area contributed by atoms with Crippen molar-refractivity contribution >= 4 is 40.2 Å². The molecule has 3 saturated heterocycles. The van der Waals surface area contributed by atoms with Gasteiger partial charge in [0.1, 0.15) is 17.7 Å². The van der Waals surface area contributed by atoms with Gasteiger partial charge in [-0.25, -0.2) is 0 Å². The molecule has 2 bridgehead atoms. The summed E-state index contributed by atoms with van der Waals surface area (Å²) in [6, 6.07) is 20.2. The van der Waals surface area contributed by atoms with E-state index in [0.717, 1.165) is 10.8 Å². The summed E-state index contributed by atoms with van der Waals surface area (Å²) in [6.07, 6.45) is 3.79. The Hall–Kier alpha value is -4.84. The highest BCUT2D eigenvalue weighted by atomic mass is 16.6. The number of allylic oxidation sites excluding steroid dienone is 1. The van der Waals surface area contributed by atoms with Crippen molar-refractivity contribution in [2.75, 3.05) is 31.8 Å². The Morgan fingerprint density at radius 2 is 1.80 bits per heavy atom. The van der Waals surface area contributed by atoms with E-state index in [9.17, 15) is 14.7 Å². The summed E-state index contributed by atoms with van der Waals surface area (Å²) in [5, 5.41) is 15.8. The first kappa shape index (κ1) is 39.8. The number of aliphatic hydroxyl groups is 1. The molecule has 9 atom stereocenters. The highest BCUT2D eigenvalue weighted by Gasteiger charge is 2.76. The molecule has 11 nitrogen and oxygen atoms in total. The predicted molar refractivity (Wildman–Crippen MR) is 210 cm³/mol. The van der Waals surface area contributed by atoms with Crippen LogP contribution in [-0.2, 0) is 33.4 Å². The van der Waals surface area contributed by atoms with Crippen molar-refractivity contribution in [3.63, 3.8) is 0 Å². The average Bonchev–Trinajstić information content (AvgIpc) is 3.85. The van der Waals surface area contributed by atoms with Crippen molar-refractivity contribution in [1.82, 2.24) is 10.2 Å². The number of carbonyl (C=O) groups is 4. The second-order valence-corrected chi connectivity index (χ2v) is 14.9. The Morgan fingerprint density at radius 1 is 1.07 bits per heavy atom. The van der Waals surface area contributed by atoms with Crippen LogP contribution >= 0.6 is 0 Å². The number of esters is 1. The Morgan fingerprint density at radius 3 is 2.47 bits per heavy atom. The van der Waals surface area contributed by atoms with Gasteiger partial charge in [0.2, 0.25) is 11.8 Å². The van der Waals surface area contributed by atoms with Crippen LogP contribution in [-0.4, -0.2) is 90.4 Å². The molecular formula is C44H53N3O8. The number of nitrogens with one attached hydrogen (secondary N) is 1. The number of ether oxygens (including phenoxy) is 3. The number of rotatable bonds is 18. The quantitative estimate of drug-likeness (QED) is 0.128. The zero-order chi connectivity index (χ0) is 39.3. The third-order valence-electron chi connectivity index (χ3n) is 11.7. The fourth-order valence-electron chi connectivity index (χ4n) is 8.88. The minimum atomic E-state index is -1.34. The summed E-state index contributed by atoms with van der Waals surface area (Å²) < 4.78 is 18.6. The topological polar surface area (TPSA) is 135 Å². The number of benzene rings is 3. The van der Waals surface area contributed by atoms with Gasteiger partial charge in [0.05, 0.1) is 43.2 Å². The summed E-state index contributed by atoms with van der Waals surface area (Å²) in [5.74, 6) is -3.93. The van der Waals surface area contributed by atoms with Crippen molar-refractivity contribution < 1.29 is 38.5 Å².